The summed E-state index contributed by atoms with van der Waals surface area (Å²) >= 11 is 12.0. The number of benzene rings is 1. The molecule has 3 nitrogen and oxygen atoms in total. The molecule has 2 rings (SSSR count). The largest absolute Gasteiger partial charge is 0.484 e. The zero-order chi connectivity index (χ0) is 12.4. The number of aliphatic hydroxyl groups is 1. The number of aliphatic hydroxyl groups excluding tert-OH is 1. The van der Waals surface area contributed by atoms with Crippen molar-refractivity contribution < 1.29 is 14.6 Å². The lowest BCUT2D eigenvalue weighted by Crippen LogP contribution is -2.55. The summed E-state index contributed by atoms with van der Waals surface area (Å²) in [6.45, 7) is 2.42. The van der Waals surface area contributed by atoms with Gasteiger partial charge in [-0.3, -0.25) is 0 Å². The molecule has 94 valence electrons. The maximum absolute atomic E-state index is 9.55. The van der Waals surface area contributed by atoms with E-state index in [0.29, 0.717) is 28.8 Å². The second kappa shape index (κ2) is 5.44. The molecule has 0 saturated heterocycles. The van der Waals surface area contributed by atoms with E-state index in [1.54, 1.807) is 18.2 Å². The quantitative estimate of drug-likeness (QED) is 0.919. The summed E-state index contributed by atoms with van der Waals surface area (Å²) < 4.78 is 11.1. The summed E-state index contributed by atoms with van der Waals surface area (Å²) in [7, 11) is 0. The fourth-order valence-corrected chi connectivity index (χ4v) is 2.32. The Morgan fingerprint density at radius 1 is 1.35 bits per heavy atom. The third-order valence-corrected chi connectivity index (χ3v) is 3.36. The Morgan fingerprint density at radius 2 is 2.00 bits per heavy atom. The second-order valence-corrected chi connectivity index (χ2v) is 4.74. The molecule has 1 aromatic carbocycles. The Balaban J connectivity index is 2.06. The molecule has 0 spiro atoms. The van der Waals surface area contributed by atoms with Gasteiger partial charge in [0, 0.05) is 13.0 Å². The van der Waals surface area contributed by atoms with E-state index in [9.17, 15) is 5.11 Å². The van der Waals surface area contributed by atoms with Crippen LogP contribution in [0.25, 0.3) is 0 Å². The summed E-state index contributed by atoms with van der Waals surface area (Å²) in [6.07, 6.45) is -0.428. The van der Waals surface area contributed by atoms with Gasteiger partial charge in [-0.1, -0.05) is 29.3 Å². The highest BCUT2D eigenvalue weighted by Gasteiger charge is 2.43. The van der Waals surface area contributed by atoms with Crippen LogP contribution in [0.5, 0.6) is 5.75 Å². The van der Waals surface area contributed by atoms with E-state index in [1.165, 1.54) is 0 Å². The normalized spacial score (nSPS) is 27.6. The minimum atomic E-state index is -0.471. The molecule has 0 aliphatic heterocycles. The van der Waals surface area contributed by atoms with Gasteiger partial charge in [-0.2, -0.15) is 0 Å². The van der Waals surface area contributed by atoms with Crippen LogP contribution in [0.2, 0.25) is 10.0 Å². The lowest BCUT2D eigenvalue weighted by molar-refractivity contribution is -0.160. The van der Waals surface area contributed by atoms with Crippen molar-refractivity contribution in [3.63, 3.8) is 0 Å². The minimum Gasteiger partial charge on any atom is -0.484 e. The Morgan fingerprint density at radius 3 is 2.53 bits per heavy atom. The number of hydrogen-bond donors (Lipinski definition) is 1. The maximum Gasteiger partial charge on any atom is 0.157 e. The van der Waals surface area contributed by atoms with Gasteiger partial charge in [-0.25, -0.2) is 0 Å². The van der Waals surface area contributed by atoms with E-state index >= 15 is 0 Å². The highest BCUT2D eigenvalue weighted by atomic mass is 35.5. The monoisotopic (exact) mass is 276 g/mol. The molecular formula is C12H14Cl2O3. The fraction of sp³-hybridized carbons (Fsp3) is 0.500. The van der Waals surface area contributed by atoms with Crippen LogP contribution in [0.3, 0.4) is 0 Å². The number of hydrogen-bond acceptors (Lipinski definition) is 3. The smallest absolute Gasteiger partial charge is 0.157 e. The Labute approximate surface area is 110 Å². The molecule has 17 heavy (non-hydrogen) atoms. The molecule has 0 aromatic heterocycles. The van der Waals surface area contributed by atoms with E-state index in [0.717, 1.165) is 0 Å². The number of ether oxygens (including phenoxy) is 2. The van der Waals surface area contributed by atoms with Crippen molar-refractivity contribution in [1.29, 1.82) is 0 Å². The summed E-state index contributed by atoms with van der Waals surface area (Å²) in [5.41, 5.74) is 0. The molecule has 0 heterocycles. The van der Waals surface area contributed by atoms with Crippen LogP contribution in [0.1, 0.15) is 13.3 Å². The number of para-hydroxylation sites is 1. The van der Waals surface area contributed by atoms with Crippen LogP contribution in [0.15, 0.2) is 18.2 Å². The zero-order valence-electron chi connectivity index (χ0n) is 9.40. The van der Waals surface area contributed by atoms with Crippen molar-refractivity contribution in [2.24, 2.45) is 0 Å². The average molecular weight is 277 g/mol. The summed E-state index contributed by atoms with van der Waals surface area (Å²) in [4.78, 5) is 0. The SMILES string of the molecule is CCOC1C(O)CC1Oc1c(Cl)cccc1Cl. The minimum absolute atomic E-state index is 0.192. The molecule has 1 fully saturated rings. The first-order valence-corrected chi connectivity index (χ1v) is 6.29. The van der Waals surface area contributed by atoms with Gasteiger partial charge in [-0.05, 0) is 19.1 Å². The second-order valence-electron chi connectivity index (χ2n) is 3.93. The van der Waals surface area contributed by atoms with Gasteiger partial charge >= 0.3 is 0 Å². The first-order valence-electron chi connectivity index (χ1n) is 5.53. The van der Waals surface area contributed by atoms with Crippen LogP contribution in [-0.2, 0) is 4.74 Å². The van der Waals surface area contributed by atoms with E-state index < -0.39 is 6.10 Å². The Hall–Kier alpha value is -0.480. The van der Waals surface area contributed by atoms with E-state index in [2.05, 4.69) is 0 Å². The van der Waals surface area contributed by atoms with E-state index in [1.807, 2.05) is 6.92 Å². The molecule has 0 radical (unpaired) electrons. The van der Waals surface area contributed by atoms with E-state index in [4.69, 9.17) is 32.7 Å². The van der Waals surface area contributed by atoms with Gasteiger partial charge in [-0.15, -0.1) is 0 Å². The predicted octanol–water partition coefficient (Wildman–Crippen LogP) is 2.91. The van der Waals surface area contributed by atoms with Crippen LogP contribution in [-0.4, -0.2) is 30.0 Å². The van der Waals surface area contributed by atoms with Crippen LogP contribution < -0.4 is 4.74 Å². The first kappa shape index (κ1) is 13.0. The lowest BCUT2D eigenvalue weighted by atomic mass is 9.88. The first-order chi connectivity index (χ1) is 8.13. The van der Waals surface area contributed by atoms with Crippen LogP contribution in [0.4, 0.5) is 0 Å². The van der Waals surface area contributed by atoms with Gasteiger partial charge in [0.25, 0.3) is 0 Å². The molecule has 1 N–H and O–H groups in total. The van der Waals surface area contributed by atoms with Gasteiger partial charge in [0.15, 0.2) is 5.75 Å². The van der Waals surface area contributed by atoms with Crippen molar-refractivity contribution in [2.45, 2.75) is 31.7 Å². The molecule has 3 atom stereocenters. The molecule has 0 bridgehead atoms. The molecule has 3 unspecified atom stereocenters. The van der Waals surface area contributed by atoms with Crippen molar-refractivity contribution in [2.75, 3.05) is 6.61 Å². The molecule has 1 saturated carbocycles. The average Bonchev–Trinajstić information content (AvgIpc) is 2.29. The molecule has 1 aliphatic rings. The number of halogens is 2. The highest BCUT2D eigenvalue weighted by Crippen LogP contribution is 2.37. The van der Waals surface area contributed by atoms with Gasteiger partial charge in [0.05, 0.1) is 16.1 Å². The zero-order valence-corrected chi connectivity index (χ0v) is 10.9. The Kier molecular flexibility index (Phi) is 4.15. The molecule has 0 amide bonds. The molecule has 5 heteroatoms. The lowest BCUT2D eigenvalue weighted by Gasteiger charge is -2.40. The van der Waals surface area contributed by atoms with Crippen molar-refractivity contribution in [1.82, 2.24) is 0 Å². The molecule has 1 aromatic rings. The molecule has 1 aliphatic carbocycles. The molecular weight excluding hydrogens is 263 g/mol. The fourth-order valence-electron chi connectivity index (χ4n) is 1.83. The summed E-state index contributed by atoms with van der Waals surface area (Å²) in [6, 6.07) is 5.19. The summed E-state index contributed by atoms with van der Waals surface area (Å²) in [5.74, 6) is 0.456. The van der Waals surface area contributed by atoms with Crippen LogP contribution in [0, 0.1) is 0 Å². The maximum atomic E-state index is 9.55. The van der Waals surface area contributed by atoms with Gasteiger partial charge in [0.2, 0.25) is 0 Å². The topological polar surface area (TPSA) is 38.7 Å². The van der Waals surface area contributed by atoms with Gasteiger partial charge in [0.1, 0.15) is 12.2 Å². The Bertz CT molecular complexity index is 377. The van der Waals surface area contributed by atoms with Crippen LogP contribution >= 0.6 is 23.2 Å². The van der Waals surface area contributed by atoms with Crippen molar-refractivity contribution >= 4 is 23.2 Å². The highest BCUT2D eigenvalue weighted by molar-refractivity contribution is 6.37. The van der Waals surface area contributed by atoms with Crippen molar-refractivity contribution in [3.8, 4) is 5.75 Å². The van der Waals surface area contributed by atoms with Crippen molar-refractivity contribution in [3.05, 3.63) is 28.2 Å². The third kappa shape index (κ3) is 2.68. The number of rotatable bonds is 4. The standard InChI is InChI=1S/C12H14Cl2O3/c1-2-16-12-9(15)6-10(12)17-11-7(13)4-3-5-8(11)14/h3-5,9-10,12,15H,2,6H2,1H3. The van der Waals surface area contributed by atoms with E-state index in [-0.39, 0.29) is 12.2 Å². The third-order valence-electron chi connectivity index (χ3n) is 2.77. The predicted molar refractivity (Wildman–Crippen MR) is 66.9 cm³/mol. The summed E-state index contributed by atoms with van der Waals surface area (Å²) in [5, 5.41) is 10.5. The van der Waals surface area contributed by atoms with Gasteiger partial charge < -0.3 is 14.6 Å².